The number of aryl methyl sites for hydroxylation is 1. The normalized spacial score (nSPS) is 14.1. The van der Waals surface area contributed by atoms with Crippen LogP contribution in [0.15, 0.2) is 34.8 Å². The lowest BCUT2D eigenvalue weighted by Crippen LogP contribution is -2.25. The van der Waals surface area contributed by atoms with E-state index in [0.717, 1.165) is 29.1 Å². The van der Waals surface area contributed by atoms with Crippen molar-refractivity contribution >= 4 is 27.7 Å². The molecule has 0 atom stereocenters. The molecule has 1 aliphatic rings. The molecule has 1 amide bonds. The summed E-state index contributed by atoms with van der Waals surface area (Å²) in [4.78, 5) is 23.4. The van der Waals surface area contributed by atoms with Crippen molar-refractivity contribution in [3.63, 3.8) is 0 Å². The lowest BCUT2D eigenvalue weighted by molar-refractivity contribution is 0.0950. The number of rotatable bonds is 4. The van der Waals surface area contributed by atoms with Crippen LogP contribution in [-0.2, 0) is 6.54 Å². The maximum absolute atomic E-state index is 12.2. The second-order valence-corrected chi connectivity index (χ2v) is 6.58. The fraction of sp³-hybridized carbons (Fsp3) is 0.353. The summed E-state index contributed by atoms with van der Waals surface area (Å²) in [7, 11) is 0. The minimum atomic E-state index is -0.120. The third-order valence-electron chi connectivity index (χ3n) is 3.83. The van der Waals surface area contributed by atoms with E-state index in [2.05, 4.69) is 36.1 Å². The van der Waals surface area contributed by atoms with Crippen LogP contribution >= 0.6 is 15.9 Å². The molecule has 0 unspecified atom stereocenters. The van der Waals surface area contributed by atoms with Crippen LogP contribution in [0.25, 0.3) is 0 Å². The molecule has 1 aromatic heterocycles. The fourth-order valence-electron chi connectivity index (χ4n) is 2.66. The summed E-state index contributed by atoms with van der Waals surface area (Å²) in [5, 5.41) is 2.88. The molecule has 2 aromatic rings. The van der Waals surface area contributed by atoms with Gasteiger partial charge in [0.05, 0.1) is 6.54 Å². The van der Waals surface area contributed by atoms with Crippen molar-refractivity contribution in [2.24, 2.45) is 0 Å². The number of hydrogen-bond donors (Lipinski definition) is 1. The van der Waals surface area contributed by atoms with Crippen LogP contribution < -0.4 is 10.2 Å². The third-order valence-corrected chi connectivity index (χ3v) is 4.36. The van der Waals surface area contributed by atoms with E-state index in [0.29, 0.717) is 17.9 Å². The molecule has 0 bridgehead atoms. The Morgan fingerprint density at radius 1 is 1.22 bits per heavy atom. The van der Waals surface area contributed by atoms with Gasteiger partial charge in [-0.05, 0) is 44.0 Å². The largest absolute Gasteiger partial charge is 0.357 e. The first kappa shape index (κ1) is 15.9. The van der Waals surface area contributed by atoms with Gasteiger partial charge in [0.15, 0.2) is 0 Å². The summed E-state index contributed by atoms with van der Waals surface area (Å²) < 4.78 is 0.950. The van der Waals surface area contributed by atoms with Crippen molar-refractivity contribution in [2.45, 2.75) is 26.3 Å². The van der Waals surface area contributed by atoms with Gasteiger partial charge in [0.2, 0.25) is 0 Å². The first-order valence-corrected chi connectivity index (χ1v) is 8.54. The fourth-order valence-corrected chi connectivity index (χ4v) is 2.93. The van der Waals surface area contributed by atoms with E-state index < -0.39 is 0 Å². The van der Waals surface area contributed by atoms with Gasteiger partial charge in [-0.15, -0.1) is 0 Å². The second kappa shape index (κ2) is 7.08. The van der Waals surface area contributed by atoms with Crippen LogP contribution in [0, 0.1) is 6.92 Å². The van der Waals surface area contributed by atoms with E-state index in [4.69, 9.17) is 0 Å². The predicted molar refractivity (Wildman–Crippen MR) is 93.5 cm³/mol. The van der Waals surface area contributed by atoms with Crippen LogP contribution in [0.4, 0.5) is 5.82 Å². The van der Waals surface area contributed by atoms with Gasteiger partial charge in [0.25, 0.3) is 5.91 Å². The first-order valence-electron chi connectivity index (χ1n) is 7.75. The zero-order valence-corrected chi connectivity index (χ0v) is 14.6. The van der Waals surface area contributed by atoms with Gasteiger partial charge in [-0.1, -0.05) is 15.9 Å². The molecule has 23 heavy (non-hydrogen) atoms. The number of carbonyl (C=O) groups is 1. The van der Waals surface area contributed by atoms with Gasteiger partial charge in [0.1, 0.15) is 11.6 Å². The number of benzene rings is 1. The number of hydrogen-bond acceptors (Lipinski definition) is 4. The molecule has 1 aromatic carbocycles. The van der Waals surface area contributed by atoms with E-state index in [1.54, 1.807) is 12.1 Å². The van der Waals surface area contributed by atoms with Crippen LogP contribution in [0.5, 0.6) is 0 Å². The average Bonchev–Trinajstić information content (AvgIpc) is 3.07. The highest BCUT2D eigenvalue weighted by molar-refractivity contribution is 9.10. The molecule has 1 fully saturated rings. The summed E-state index contributed by atoms with van der Waals surface area (Å²) in [6, 6.07) is 9.27. The molecule has 3 rings (SSSR count). The van der Waals surface area contributed by atoms with Crippen molar-refractivity contribution in [1.82, 2.24) is 15.3 Å². The number of anilines is 1. The molecule has 0 saturated carbocycles. The molecular formula is C17H19BrN4O. The predicted octanol–water partition coefficient (Wildman–Crippen LogP) is 3.08. The van der Waals surface area contributed by atoms with Crippen molar-refractivity contribution in [1.29, 1.82) is 0 Å². The van der Waals surface area contributed by atoms with E-state index in [1.807, 2.05) is 25.1 Å². The Hall–Kier alpha value is -1.95. The Kier molecular flexibility index (Phi) is 4.91. The zero-order chi connectivity index (χ0) is 16.2. The third kappa shape index (κ3) is 4.07. The number of aromatic nitrogens is 2. The van der Waals surface area contributed by atoms with Gasteiger partial charge < -0.3 is 10.2 Å². The van der Waals surface area contributed by atoms with Crippen molar-refractivity contribution in [3.8, 4) is 0 Å². The van der Waals surface area contributed by atoms with E-state index in [9.17, 15) is 4.79 Å². The molecule has 0 spiro atoms. The monoisotopic (exact) mass is 374 g/mol. The molecule has 0 radical (unpaired) electrons. The summed E-state index contributed by atoms with van der Waals surface area (Å²) in [6.07, 6.45) is 2.41. The summed E-state index contributed by atoms with van der Waals surface area (Å²) in [6.45, 7) is 4.38. The van der Waals surface area contributed by atoms with Crippen LogP contribution in [0.1, 0.15) is 34.7 Å². The minimum Gasteiger partial charge on any atom is -0.357 e. The maximum atomic E-state index is 12.2. The highest BCUT2D eigenvalue weighted by atomic mass is 79.9. The maximum Gasteiger partial charge on any atom is 0.251 e. The Morgan fingerprint density at radius 3 is 2.61 bits per heavy atom. The van der Waals surface area contributed by atoms with Gasteiger partial charge in [-0.2, -0.15) is 0 Å². The highest BCUT2D eigenvalue weighted by Gasteiger charge is 2.15. The Balaban J connectivity index is 1.67. The first-order chi connectivity index (χ1) is 11.1. The van der Waals surface area contributed by atoms with Crippen LogP contribution in [-0.4, -0.2) is 29.0 Å². The number of nitrogens with one attached hydrogen (secondary N) is 1. The Bertz CT molecular complexity index is 696. The SMILES string of the molecule is Cc1cc(N2CCCC2)nc(CNC(=O)c2ccc(Br)cc2)n1. The Labute approximate surface area is 144 Å². The van der Waals surface area contributed by atoms with Gasteiger partial charge in [-0.3, -0.25) is 4.79 Å². The lowest BCUT2D eigenvalue weighted by Gasteiger charge is -2.17. The second-order valence-electron chi connectivity index (χ2n) is 5.67. The van der Waals surface area contributed by atoms with E-state index >= 15 is 0 Å². The van der Waals surface area contributed by atoms with E-state index in [-0.39, 0.29) is 5.91 Å². The number of halogens is 1. The minimum absolute atomic E-state index is 0.120. The smallest absolute Gasteiger partial charge is 0.251 e. The molecule has 6 heteroatoms. The number of amides is 1. The average molecular weight is 375 g/mol. The quantitative estimate of drug-likeness (QED) is 0.893. The van der Waals surface area contributed by atoms with Gasteiger partial charge in [-0.25, -0.2) is 9.97 Å². The number of nitrogens with zero attached hydrogens (tertiary/aromatic N) is 3. The van der Waals surface area contributed by atoms with Crippen molar-refractivity contribution in [3.05, 3.63) is 51.9 Å². The van der Waals surface area contributed by atoms with Crippen LogP contribution in [0.2, 0.25) is 0 Å². The van der Waals surface area contributed by atoms with Gasteiger partial charge in [0, 0.05) is 34.9 Å². The molecule has 0 aliphatic carbocycles. The highest BCUT2D eigenvalue weighted by Crippen LogP contribution is 2.18. The molecule has 120 valence electrons. The van der Waals surface area contributed by atoms with Crippen molar-refractivity contribution in [2.75, 3.05) is 18.0 Å². The molecule has 5 nitrogen and oxygen atoms in total. The van der Waals surface area contributed by atoms with Gasteiger partial charge >= 0.3 is 0 Å². The van der Waals surface area contributed by atoms with Crippen molar-refractivity contribution < 1.29 is 4.79 Å². The molecule has 1 saturated heterocycles. The summed E-state index contributed by atoms with van der Waals surface area (Å²) in [5.74, 6) is 1.49. The standard InChI is InChI=1S/C17H19BrN4O/c1-12-10-16(22-8-2-3-9-22)21-15(20-12)11-19-17(23)13-4-6-14(18)7-5-13/h4-7,10H,2-3,8-9,11H2,1H3,(H,19,23). The lowest BCUT2D eigenvalue weighted by atomic mass is 10.2. The molecule has 2 heterocycles. The molecule has 1 N–H and O–H groups in total. The summed E-state index contributed by atoms with van der Waals surface area (Å²) >= 11 is 3.36. The van der Waals surface area contributed by atoms with E-state index in [1.165, 1.54) is 12.8 Å². The summed E-state index contributed by atoms with van der Waals surface area (Å²) in [5.41, 5.74) is 1.55. The zero-order valence-electron chi connectivity index (χ0n) is 13.1. The number of carbonyl (C=O) groups excluding carboxylic acids is 1. The van der Waals surface area contributed by atoms with Crippen LogP contribution in [0.3, 0.4) is 0 Å². The molecule has 1 aliphatic heterocycles. The Morgan fingerprint density at radius 2 is 1.91 bits per heavy atom. The molecular weight excluding hydrogens is 356 g/mol. The topological polar surface area (TPSA) is 58.1 Å².